The molecule has 0 spiro atoms. The number of anilines is 1. The average Bonchev–Trinajstić information content (AvgIpc) is 3.21. The van der Waals surface area contributed by atoms with Gasteiger partial charge in [-0.05, 0) is 42.5 Å². The lowest BCUT2D eigenvalue weighted by molar-refractivity contribution is 0.413. The predicted molar refractivity (Wildman–Crippen MR) is 98.2 cm³/mol. The van der Waals surface area contributed by atoms with Gasteiger partial charge >= 0.3 is 0 Å². The summed E-state index contributed by atoms with van der Waals surface area (Å²) >= 11 is 0. The summed E-state index contributed by atoms with van der Waals surface area (Å²) in [6.45, 7) is 0. The molecule has 4 rings (SSSR count). The Balaban J connectivity index is 1.62. The van der Waals surface area contributed by atoms with Crippen LogP contribution in [0, 0.1) is 0 Å². The van der Waals surface area contributed by atoms with Gasteiger partial charge in [-0.2, -0.15) is 0 Å². The summed E-state index contributed by atoms with van der Waals surface area (Å²) in [4.78, 5) is 8.20. The van der Waals surface area contributed by atoms with Crippen LogP contribution in [0.15, 0.2) is 65.5 Å². The fraction of sp³-hybridized carbons (Fsp3) is 0.0526. The van der Waals surface area contributed by atoms with E-state index in [-0.39, 0.29) is 11.7 Å². The summed E-state index contributed by atoms with van der Waals surface area (Å²) < 4.78 is 16.7. The van der Waals surface area contributed by atoms with E-state index in [1.807, 2.05) is 6.07 Å². The second kappa shape index (κ2) is 7.12. The van der Waals surface area contributed by atoms with Gasteiger partial charge in [0.15, 0.2) is 0 Å². The molecular formula is C19H15N5O3. The Bertz CT molecular complexity index is 1050. The van der Waals surface area contributed by atoms with Gasteiger partial charge in [0.25, 0.3) is 5.89 Å². The summed E-state index contributed by atoms with van der Waals surface area (Å²) in [6, 6.07) is 12.5. The van der Waals surface area contributed by atoms with Crippen LogP contribution in [0.5, 0.6) is 17.2 Å². The fourth-order valence-corrected chi connectivity index (χ4v) is 2.40. The van der Waals surface area contributed by atoms with Crippen LogP contribution in [0.1, 0.15) is 0 Å². The Kier molecular flexibility index (Phi) is 4.36. The van der Waals surface area contributed by atoms with Crippen molar-refractivity contribution < 1.29 is 13.9 Å². The van der Waals surface area contributed by atoms with Crippen molar-refractivity contribution in [2.75, 3.05) is 12.8 Å². The summed E-state index contributed by atoms with van der Waals surface area (Å²) in [5, 5.41) is 8.10. The van der Waals surface area contributed by atoms with E-state index in [0.29, 0.717) is 28.5 Å². The van der Waals surface area contributed by atoms with Gasteiger partial charge in [-0.3, -0.25) is 4.98 Å². The van der Waals surface area contributed by atoms with Gasteiger partial charge in [0, 0.05) is 12.4 Å². The Labute approximate surface area is 154 Å². The van der Waals surface area contributed by atoms with Crippen molar-refractivity contribution in [1.82, 2.24) is 20.2 Å². The van der Waals surface area contributed by atoms with Gasteiger partial charge in [-0.1, -0.05) is 0 Å². The van der Waals surface area contributed by atoms with Crippen molar-refractivity contribution in [3.05, 3.63) is 61.1 Å². The van der Waals surface area contributed by atoms with Gasteiger partial charge < -0.3 is 19.6 Å². The largest absolute Gasteiger partial charge is 0.497 e. The number of hydrogen-bond donors (Lipinski definition) is 1. The molecule has 0 aliphatic rings. The molecule has 1 aromatic carbocycles. The first kappa shape index (κ1) is 16.5. The van der Waals surface area contributed by atoms with E-state index in [2.05, 4.69) is 20.2 Å². The number of benzene rings is 1. The number of rotatable bonds is 5. The van der Waals surface area contributed by atoms with Crippen molar-refractivity contribution >= 4 is 5.82 Å². The number of pyridine rings is 2. The first-order valence-electron chi connectivity index (χ1n) is 8.04. The van der Waals surface area contributed by atoms with Crippen LogP contribution in [0.4, 0.5) is 5.82 Å². The molecule has 27 heavy (non-hydrogen) atoms. The smallest absolute Gasteiger partial charge is 0.252 e. The highest BCUT2D eigenvalue weighted by Crippen LogP contribution is 2.31. The van der Waals surface area contributed by atoms with Crippen LogP contribution in [0.25, 0.3) is 22.9 Å². The molecule has 0 fully saturated rings. The number of ether oxygens (including phenoxy) is 2. The van der Waals surface area contributed by atoms with Crippen LogP contribution in [0.3, 0.4) is 0 Å². The van der Waals surface area contributed by atoms with Crippen molar-refractivity contribution in [3.63, 3.8) is 0 Å². The third-order valence-electron chi connectivity index (χ3n) is 3.75. The predicted octanol–water partition coefficient (Wildman–Crippen LogP) is 3.58. The SMILES string of the molecule is COc1ccc(Oc2cnc(N)c(-c3nnc(-c4cccnc4)o3)c2)cc1. The molecule has 0 aliphatic heterocycles. The first-order chi connectivity index (χ1) is 13.2. The number of aromatic nitrogens is 4. The molecule has 0 atom stereocenters. The van der Waals surface area contributed by atoms with Crippen LogP contribution >= 0.6 is 0 Å². The molecule has 8 nitrogen and oxygen atoms in total. The minimum absolute atomic E-state index is 0.249. The lowest BCUT2D eigenvalue weighted by Gasteiger charge is -2.08. The van der Waals surface area contributed by atoms with Gasteiger partial charge in [0.2, 0.25) is 5.89 Å². The normalized spacial score (nSPS) is 10.6. The Morgan fingerprint density at radius 3 is 2.44 bits per heavy atom. The zero-order valence-electron chi connectivity index (χ0n) is 14.4. The van der Waals surface area contributed by atoms with E-state index in [1.54, 1.807) is 55.9 Å². The summed E-state index contributed by atoms with van der Waals surface area (Å²) in [5.41, 5.74) is 7.18. The summed E-state index contributed by atoms with van der Waals surface area (Å²) in [5.74, 6) is 2.73. The third kappa shape index (κ3) is 3.54. The average molecular weight is 361 g/mol. The fourth-order valence-electron chi connectivity index (χ4n) is 2.40. The molecule has 3 heterocycles. The molecule has 8 heteroatoms. The number of hydrogen-bond acceptors (Lipinski definition) is 8. The number of nitrogens with two attached hydrogens (primary N) is 1. The molecule has 0 bridgehead atoms. The second-order valence-electron chi connectivity index (χ2n) is 5.54. The monoisotopic (exact) mass is 361 g/mol. The van der Waals surface area contributed by atoms with E-state index in [1.165, 1.54) is 6.20 Å². The molecule has 134 valence electrons. The number of nitrogen functional groups attached to an aromatic ring is 1. The van der Waals surface area contributed by atoms with Crippen LogP contribution in [-0.4, -0.2) is 27.3 Å². The molecular weight excluding hydrogens is 346 g/mol. The van der Waals surface area contributed by atoms with Gasteiger partial charge in [-0.25, -0.2) is 4.98 Å². The standard InChI is InChI=1S/C19H15N5O3/c1-25-13-4-6-14(7-5-13)26-15-9-16(17(20)22-11-15)19-24-23-18(27-19)12-3-2-8-21-10-12/h2-11H,1H3,(H2,20,22). The van der Waals surface area contributed by atoms with Gasteiger partial charge in [0.05, 0.1) is 24.4 Å². The molecule has 0 radical (unpaired) electrons. The van der Waals surface area contributed by atoms with E-state index in [9.17, 15) is 0 Å². The van der Waals surface area contributed by atoms with E-state index < -0.39 is 0 Å². The summed E-state index contributed by atoms with van der Waals surface area (Å²) in [6.07, 6.45) is 4.84. The highest BCUT2D eigenvalue weighted by atomic mass is 16.5. The van der Waals surface area contributed by atoms with Crippen molar-refractivity contribution in [1.29, 1.82) is 0 Å². The molecule has 0 aliphatic carbocycles. The van der Waals surface area contributed by atoms with E-state index >= 15 is 0 Å². The molecule has 4 aromatic rings. The van der Waals surface area contributed by atoms with E-state index in [4.69, 9.17) is 19.6 Å². The topological polar surface area (TPSA) is 109 Å². The zero-order valence-corrected chi connectivity index (χ0v) is 14.4. The Morgan fingerprint density at radius 2 is 1.70 bits per heavy atom. The minimum Gasteiger partial charge on any atom is -0.497 e. The van der Waals surface area contributed by atoms with Gasteiger partial charge in [0.1, 0.15) is 23.1 Å². The Morgan fingerprint density at radius 1 is 0.926 bits per heavy atom. The van der Waals surface area contributed by atoms with Crippen LogP contribution in [-0.2, 0) is 0 Å². The third-order valence-corrected chi connectivity index (χ3v) is 3.75. The lowest BCUT2D eigenvalue weighted by Crippen LogP contribution is -1.96. The lowest BCUT2D eigenvalue weighted by atomic mass is 10.2. The molecule has 0 amide bonds. The van der Waals surface area contributed by atoms with E-state index in [0.717, 1.165) is 5.75 Å². The van der Waals surface area contributed by atoms with Gasteiger partial charge in [-0.15, -0.1) is 10.2 Å². The highest BCUT2D eigenvalue weighted by Gasteiger charge is 2.15. The Hall–Kier alpha value is -3.94. The second-order valence-corrected chi connectivity index (χ2v) is 5.54. The maximum atomic E-state index is 5.98. The molecule has 0 unspecified atom stereocenters. The first-order valence-corrected chi connectivity index (χ1v) is 8.04. The molecule has 3 aromatic heterocycles. The van der Waals surface area contributed by atoms with Crippen molar-refractivity contribution in [2.24, 2.45) is 0 Å². The summed E-state index contributed by atoms with van der Waals surface area (Å²) in [7, 11) is 1.61. The van der Waals surface area contributed by atoms with Crippen LogP contribution in [0.2, 0.25) is 0 Å². The molecule has 2 N–H and O–H groups in total. The number of methoxy groups -OCH3 is 1. The molecule has 0 saturated heterocycles. The zero-order chi connectivity index (χ0) is 18.6. The number of nitrogens with zero attached hydrogens (tertiary/aromatic N) is 4. The quantitative estimate of drug-likeness (QED) is 0.574. The van der Waals surface area contributed by atoms with Crippen LogP contribution < -0.4 is 15.2 Å². The maximum Gasteiger partial charge on any atom is 0.252 e. The molecule has 0 saturated carbocycles. The maximum absolute atomic E-state index is 5.98. The minimum atomic E-state index is 0.249. The highest BCUT2D eigenvalue weighted by molar-refractivity contribution is 5.69. The van der Waals surface area contributed by atoms with Crippen molar-refractivity contribution in [3.8, 4) is 40.2 Å². The van der Waals surface area contributed by atoms with Crippen molar-refractivity contribution in [2.45, 2.75) is 0 Å².